The number of hydrogen-bond acceptors (Lipinski definition) is 4. The lowest BCUT2D eigenvalue weighted by Gasteiger charge is -2.11. The molecule has 0 aliphatic carbocycles. The normalized spacial score (nSPS) is 12.0. The Labute approximate surface area is 126 Å². The topological polar surface area (TPSA) is 86.9 Å². The van der Waals surface area contributed by atoms with Gasteiger partial charge in [-0.2, -0.15) is 0 Å². The van der Waals surface area contributed by atoms with E-state index in [9.17, 15) is 9.59 Å². The maximum absolute atomic E-state index is 11.8. The van der Waals surface area contributed by atoms with Crippen LogP contribution < -0.4 is 16.2 Å². The molecule has 2 rings (SSSR count). The summed E-state index contributed by atoms with van der Waals surface area (Å²) in [6.45, 7) is 6.16. The number of carbonyl (C=O) groups excluding carboxylic acids is 1. The van der Waals surface area contributed by atoms with Crippen molar-refractivity contribution >= 4 is 23.1 Å². The summed E-state index contributed by atoms with van der Waals surface area (Å²) in [5, 5.41) is 8.48. The third-order valence-electron chi connectivity index (χ3n) is 2.97. The first-order valence-corrected chi connectivity index (χ1v) is 7.50. The van der Waals surface area contributed by atoms with Gasteiger partial charge in [-0.3, -0.25) is 4.79 Å². The number of urea groups is 1. The number of aromatic amines is 1. The molecule has 0 fully saturated rings. The molecule has 0 saturated carbocycles. The van der Waals surface area contributed by atoms with E-state index in [-0.39, 0.29) is 17.5 Å². The Bertz CT molecular complexity index is 692. The Kier molecular flexibility index (Phi) is 4.74. The van der Waals surface area contributed by atoms with Crippen molar-refractivity contribution < 1.29 is 4.79 Å². The number of hydrogen-bond donors (Lipinski definition) is 3. The fraction of sp³-hybridized carbons (Fsp3) is 0.357. The third kappa shape index (κ3) is 4.16. The van der Waals surface area contributed by atoms with Crippen molar-refractivity contribution in [1.82, 2.24) is 15.3 Å². The van der Waals surface area contributed by atoms with E-state index >= 15 is 0 Å². The zero-order valence-electron chi connectivity index (χ0n) is 12.2. The standard InChI is InChI=1S/C14H18N4O2S/c1-8-4-11(6-15-12(8)19)18-14(20)16-5-9(2)13-17-10(3)7-21-13/h4,6-7,9H,5H2,1-3H3,(H,15,19)(H2,16,18,20)/t9-/m1/s1. The quantitative estimate of drug-likeness (QED) is 0.810. The second-order valence-corrected chi connectivity index (χ2v) is 5.85. The van der Waals surface area contributed by atoms with Crippen LogP contribution in [0.25, 0.3) is 0 Å². The maximum Gasteiger partial charge on any atom is 0.319 e. The van der Waals surface area contributed by atoms with Gasteiger partial charge >= 0.3 is 6.03 Å². The van der Waals surface area contributed by atoms with E-state index in [1.807, 2.05) is 19.2 Å². The van der Waals surface area contributed by atoms with Crippen LogP contribution in [-0.2, 0) is 0 Å². The number of nitrogens with one attached hydrogen (secondary N) is 3. The van der Waals surface area contributed by atoms with Crippen molar-refractivity contribution in [3.8, 4) is 0 Å². The van der Waals surface area contributed by atoms with Crippen LogP contribution in [0.1, 0.15) is 29.1 Å². The summed E-state index contributed by atoms with van der Waals surface area (Å²) in [6, 6.07) is 1.33. The van der Waals surface area contributed by atoms with Crippen molar-refractivity contribution in [1.29, 1.82) is 0 Å². The number of aryl methyl sites for hydroxylation is 2. The van der Waals surface area contributed by atoms with E-state index in [2.05, 4.69) is 20.6 Å². The van der Waals surface area contributed by atoms with Gasteiger partial charge in [0.2, 0.25) is 0 Å². The summed E-state index contributed by atoms with van der Waals surface area (Å²) in [7, 11) is 0. The molecule has 2 aromatic heterocycles. The lowest BCUT2D eigenvalue weighted by Crippen LogP contribution is -2.32. The second-order valence-electron chi connectivity index (χ2n) is 4.96. The van der Waals surface area contributed by atoms with Crippen LogP contribution in [0.3, 0.4) is 0 Å². The van der Waals surface area contributed by atoms with Gasteiger partial charge in [-0.1, -0.05) is 6.92 Å². The van der Waals surface area contributed by atoms with E-state index < -0.39 is 0 Å². The highest BCUT2D eigenvalue weighted by atomic mass is 32.1. The van der Waals surface area contributed by atoms with Crippen molar-refractivity contribution in [2.75, 3.05) is 11.9 Å². The smallest absolute Gasteiger partial charge is 0.319 e. The Hall–Kier alpha value is -2.15. The lowest BCUT2D eigenvalue weighted by molar-refractivity contribution is 0.251. The van der Waals surface area contributed by atoms with Gasteiger partial charge in [-0.15, -0.1) is 11.3 Å². The molecule has 1 atom stereocenters. The Balaban J connectivity index is 1.87. The number of H-pyrrole nitrogens is 1. The third-order valence-corrected chi connectivity index (χ3v) is 4.17. The molecule has 0 spiro atoms. The summed E-state index contributed by atoms with van der Waals surface area (Å²) < 4.78 is 0. The molecule has 0 bridgehead atoms. The van der Waals surface area contributed by atoms with Gasteiger partial charge in [0.25, 0.3) is 5.56 Å². The molecular formula is C14H18N4O2S. The number of thiazole rings is 1. The minimum absolute atomic E-state index is 0.159. The van der Waals surface area contributed by atoms with Gasteiger partial charge in [-0.25, -0.2) is 9.78 Å². The molecule has 21 heavy (non-hydrogen) atoms. The van der Waals surface area contributed by atoms with Crippen LogP contribution in [0.15, 0.2) is 22.4 Å². The summed E-state index contributed by atoms with van der Waals surface area (Å²) in [4.78, 5) is 30.0. The minimum Gasteiger partial charge on any atom is -0.337 e. The number of amides is 2. The van der Waals surface area contributed by atoms with E-state index in [0.29, 0.717) is 17.8 Å². The second kappa shape index (κ2) is 6.53. The highest BCUT2D eigenvalue weighted by molar-refractivity contribution is 7.09. The average Bonchev–Trinajstić information content (AvgIpc) is 2.87. The zero-order valence-corrected chi connectivity index (χ0v) is 13.0. The van der Waals surface area contributed by atoms with Gasteiger partial charge in [0.1, 0.15) is 0 Å². The van der Waals surface area contributed by atoms with Crippen LogP contribution >= 0.6 is 11.3 Å². The van der Waals surface area contributed by atoms with Crippen molar-refractivity contribution in [2.24, 2.45) is 0 Å². The van der Waals surface area contributed by atoms with Crippen LogP contribution in [0.5, 0.6) is 0 Å². The van der Waals surface area contributed by atoms with Crippen molar-refractivity contribution in [3.05, 3.63) is 44.3 Å². The number of nitrogens with zero attached hydrogens (tertiary/aromatic N) is 1. The summed E-state index contributed by atoms with van der Waals surface area (Å²) >= 11 is 1.59. The van der Waals surface area contributed by atoms with Crippen molar-refractivity contribution in [3.63, 3.8) is 0 Å². The SMILES string of the molecule is Cc1csc([C@H](C)CNC(=O)Nc2c[nH]c(=O)c(C)c2)n1. The monoisotopic (exact) mass is 306 g/mol. The van der Waals surface area contributed by atoms with Crippen molar-refractivity contribution in [2.45, 2.75) is 26.7 Å². The first-order chi connectivity index (χ1) is 9.95. The summed E-state index contributed by atoms with van der Waals surface area (Å²) in [6.07, 6.45) is 1.47. The van der Waals surface area contributed by atoms with Gasteiger partial charge < -0.3 is 15.6 Å². The molecule has 0 aliphatic rings. The molecule has 3 N–H and O–H groups in total. The number of carbonyl (C=O) groups is 1. The predicted octanol–water partition coefficient (Wildman–Crippen LogP) is 2.37. The zero-order chi connectivity index (χ0) is 15.4. The fourth-order valence-electron chi connectivity index (χ4n) is 1.78. The molecule has 2 amide bonds. The number of aromatic nitrogens is 2. The molecule has 0 saturated heterocycles. The van der Waals surface area contributed by atoms with E-state index in [0.717, 1.165) is 10.7 Å². The number of anilines is 1. The molecule has 0 radical (unpaired) electrons. The summed E-state index contributed by atoms with van der Waals surface area (Å²) in [5.74, 6) is 0.159. The molecule has 0 aliphatic heterocycles. The fourth-order valence-corrected chi connectivity index (χ4v) is 2.63. The lowest BCUT2D eigenvalue weighted by atomic mass is 10.2. The van der Waals surface area contributed by atoms with Gasteiger partial charge in [0.15, 0.2) is 0 Å². The van der Waals surface area contributed by atoms with E-state index in [4.69, 9.17) is 0 Å². The van der Waals surface area contributed by atoms with Crippen LogP contribution in [0, 0.1) is 13.8 Å². The van der Waals surface area contributed by atoms with Crippen LogP contribution in [0.2, 0.25) is 0 Å². The Morgan fingerprint density at radius 1 is 1.48 bits per heavy atom. The first-order valence-electron chi connectivity index (χ1n) is 6.62. The van der Waals surface area contributed by atoms with Gasteiger partial charge in [-0.05, 0) is 19.9 Å². The molecular weight excluding hydrogens is 288 g/mol. The van der Waals surface area contributed by atoms with Crippen LogP contribution in [0.4, 0.5) is 10.5 Å². The highest BCUT2D eigenvalue weighted by Crippen LogP contribution is 2.18. The van der Waals surface area contributed by atoms with Crippen LogP contribution in [-0.4, -0.2) is 22.5 Å². The molecule has 2 aromatic rings. The molecule has 112 valence electrons. The largest absolute Gasteiger partial charge is 0.337 e. The average molecular weight is 306 g/mol. The maximum atomic E-state index is 11.8. The van der Waals surface area contributed by atoms with Gasteiger partial charge in [0.05, 0.1) is 10.7 Å². The molecule has 0 unspecified atom stereocenters. The number of rotatable bonds is 4. The van der Waals surface area contributed by atoms with E-state index in [1.54, 1.807) is 24.3 Å². The Morgan fingerprint density at radius 3 is 2.86 bits per heavy atom. The predicted molar refractivity (Wildman–Crippen MR) is 84.1 cm³/mol. The molecule has 6 nitrogen and oxygen atoms in total. The highest BCUT2D eigenvalue weighted by Gasteiger charge is 2.11. The summed E-state index contributed by atoms with van der Waals surface area (Å²) in [5.41, 5.74) is 1.95. The minimum atomic E-state index is -0.304. The number of pyridine rings is 1. The molecule has 2 heterocycles. The first kappa shape index (κ1) is 15.2. The molecule has 7 heteroatoms. The van der Waals surface area contributed by atoms with Gasteiger partial charge in [0, 0.05) is 35.3 Å². The van der Waals surface area contributed by atoms with E-state index in [1.165, 1.54) is 6.20 Å². The Morgan fingerprint density at radius 2 is 2.24 bits per heavy atom. The molecule has 0 aromatic carbocycles.